The van der Waals surface area contributed by atoms with E-state index in [1.165, 1.54) is 11.8 Å². The highest BCUT2D eigenvalue weighted by Crippen LogP contribution is 2.26. The zero-order valence-electron chi connectivity index (χ0n) is 14.5. The summed E-state index contributed by atoms with van der Waals surface area (Å²) in [7, 11) is 0. The molecule has 0 spiro atoms. The van der Waals surface area contributed by atoms with Crippen molar-refractivity contribution in [3.8, 4) is 0 Å². The topological polar surface area (TPSA) is 64.0 Å². The maximum atomic E-state index is 12.6. The van der Waals surface area contributed by atoms with Gasteiger partial charge >= 0.3 is 0 Å². The number of fused-ring (bicyclic) bond motifs is 1. The van der Waals surface area contributed by atoms with E-state index in [0.29, 0.717) is 44.1 Å². The molecule has 0 fully saturated rings. The van der Waals surface area contributed by atoms with Gasteiger partial charge in [0, 0.05) is 23.7 Å². The fourth-order valence-electron chi connectivity index (χ4n) is 2.58. The number of rotatable bonds is 6. The van der Waals surface area contributed by atoms with E-state index < -0.39 is 0 Å². The number of carbonyl (C=O) groups is 1. The Labute approximate surface area is 170 Å². The largest absolute Gasteiger partial charge is 0.325 e. The van der Waals surface area contributed by atoms with Crippen LogP contribution in [0, 0.1) is 0 Å². The quantitative estimate of drug-likeness (QED) is 0.456. The number of aromatic nitrogens is 2. The Hall–Kier alpha value is -2.02. The summed E-state index contributed by atoms with van der Waals surface area (Å²) in [5.41, 5.74) is 1.11. The van der Waals surface area contributed by atoms with Gasteiger partial charge in [-0.1, -0.05) is 47.1 Å². The highest BCUT2D eigenvalue weighted by molar-refractivity contribution is 7.99. The molecule has 0 saturated heterocycles. The third kappa shape index (κ3) is 4.64. The molecule has 8 heteroatoms. The molecule has 1 aromatic heterocycles. The first-order valence-electron chi connectivity index (χ1n) is 8.37. The Bertz CT molecular complexity index is 1050. The second kappa shape index (κ2) is 8.78. The lowest BCUT2D eigenvalue weighted by molar-refractivity contribution is -0.115. The van der Waals surface area contributed by atoms with Gasteiger partial charge in [-0.15, -0.1) is 0 Å². The molecule has 0 aliphatic rings. The molecule has 1 amide bonds. The lowest BCUT2D eigenvalue weighted by Gasteiger charge is -2.11. The van der Waals surface area contributed by atoms with E-state index in [2.05, 4.69) is 10.3 Å². The second-order valence-electron chi connectivity index (χ2n) is 5.73. The van der Waals surface area contributed by atoms with Gasteiger partial charge in [-0.2, -0.15) is 0 Å². The molecule has 0 radical (unpaired) electrons. The molecule has 2 aromatic carbocycles. The van der Waals surface area contributed by atoms with Gasteiger partial charge in [-0.25, -0.2) is 4.98 Å². The van der Waals surface area contributed by atoms with Gasteiger partial charge in [0.05, 0.1) is 21.6 Å². The Morgan fingerprint density at radius 3 is 2.74 bits per heavy atom. The van der Waals surface area contributed by atoms with Crippen molar-refractivity contribution < 1.29 is 4.79 Å². The fourth-order valence-corrected chi connectivity index (χ4v) is 4.03. The summed E-state index contributed by atoms with van der Waals surface area (Å²) in [5.74, 6) is 0.319. The van der Waals surface area contributed by atoms with Crippen LogP contribution >= 0.6 is 35.0 Å². The molecule has 1 heterocycles. The molecule has 0 atom stereocenters. The summed E-state index contributed by atoms with van der Waals surface area (Å²) < 4.78 is 1.63. The molecule has 0 aliphatic carbocycles. The number of halogens is 2. The van der Waals surface area contributed by atoms with Gasteiger partial charge in [0.15, 0.2) is 5.16 Å². The highest BCUT2D eigenvalue weighted by atomic mass is 35.5. The minimum atomic E-state index is -0.169. The Kier molecular flexibility index (Phi) is 6.42. The van der Waals surface area contributed by atoms with Gasteiger partial charge < -0.3 is 5.32 Å². The lowest BCUT2D eigenvalue weighted by atomic mass is 10.2. The van der Waals surface area contributed by atoms with Crippen molar-refractivity contribution in [2.75, 3.05) is 11.1 Å². The van der Waals surface area contributed by atoms with E-state index in [1.54, 1.807) is 28.8 Å². The minimum absolute atomic E-state index is 0.0667. The number of nitrogens with zero attached hydrogens (tertiary/aromatic N) is 2. The molecule has 5 nitrogen and oxygen atoms in total. The first-order chi connectivity index (χ1) is 13.0. The van der Waals surface area contributed by atoms with E-state index >= 15 is 0 Å². The average molecular weight is 422 g/mol. The summed E-state index contributed by atoms with van der Waals surface area (Å²) in [6.07, 6.45) is 0.260. The van der Waals surface area contributed by atoms with Crippen LogP contribution in [-0.4, -0.2) is 21.2 Å². The number of para-hydroxylation sites is 1. The van der Waals surface area contributed by atoms with E-state index in [0.717, 1.165) is 0 Å². The predicted octanol–water partition coefficient (Wildman–Crippen LogP) is 4.84. The van der Waals surface area contributed by atoms with Crippen molar-refractivity contribution in [2.45, 2.75) is 25.0 Å². The molecular formula is C19H17Cl2N3O2S. The van der Waals surface area contributed by atoms with Gasteiger partial charge in [0.2, 0.25) is 5.91 Å². The Morgan fingerprint density at radius 2 is 2.00 bits per heavy atom. The summed E-state index contributed by atoms with van der Waals surface area (Å²) in [6.45, 7) is 2.42. The smallest absolute Gasteiger partial charge is 0.262 e. The predicted molar refractivity (Wildman–Crippen MR) is 112 cm³/mol. The van der Waals surface area contributed by atoms with Crippen LogP contribution < -0.4 is 10.9 Å². The molecule has 0 bridgehead atoms. The molecule has 1 N–H and O–H groups in total. The van der Waals surface area contributed by atoms with E-state index in [-0.39, 0.29) is 17.9 Å². The van der Waals surface area contributed by atoms with Crippen LogP contribution in [0.4, 0.5) is 5.69 Å². The van der Waals surface area contributed by atoms with Crippen LogP contribution in [0.15, 0.2) is 52.4 Å². The monoisotopic (exact) mass is 421 g/mol. The van der Waals surface area contributed by atoms with Crippen LogP contribution in [0.3, 0.4) is 0 Å². The van der Waals surface area contributed by atoms with Crippen LogP contribution in [0.2, 0.25) is 10.0 Å². The second-order valence-corrected chi connectivity index (χ2v) is 7.64. The van der Waals surface area contributed by atoms with Crippen LogP contribution in [-0.2, 0) is 11.3 Å². The molecule has 0 saturated carbocycles. The standard InChI is InChI=1S/C19H17Cl2N3O2S/c1-2-24-18(26)13-5-3-4-6-15(13)23-19(24)27-10-9-17(25)22-16-8-7-12(20)11-14(16)21/h3-8,11H,2,9-10H2,1H3,(H,22,25). The summed E-state index contributed by atoms with van der Waals surface area (Å²) in [5, 5.41) is 4.86. The van der Waals surface area contributed by atoms with Gasteiger partial charge in [0.1, 0.15) is 0 Å². The fraction of sp³-hybridized carbons (Fsp3) is 0.211. The van der Waals surface area contributed by atoms with Crippen molar-refractivity contribution in [1.29, 1.82) is 0 Å². The number of carbonyl (C=O) groups excluding carboxylic acids is 1. The maximum Gasteiger partial charge on any atom is 0.262 e. The number of benzene rings is 2. The van der Waals surface area contributed by atoms with Crippen molar-refractivity contribution in [2.24, 2.45) is 0 Å². The van der Waals surface area contributed by atoms with Crippen molar-refractivity contribution in [1.82, 2.24) is 9.55 Å². The summed E-state index contributed by atoms with van der Waals surface area (Å²) in [6, 6.07) is 12.2. The molecule has 0 aliphatic heterocycles. The van der Waals surface area contributed by atoms with Gasteiger partial charge in [-0.3, -0.25) is 14.2 Å². The maximum absolute atomic E-state index is 12.6. The van der Waals surface area contributed by atoms with Crippen LogP contribution in [0.25, 0.3) is 10.9 Å². The molecule has 3 rings (SSSR count). The zero-order chi connectivity index (χ0) is 19.4. The van der Waals surface area contributed by atoms with E-state index in [4.69, 9.17) is 23.2 Å². The lowest BCUT2D eigenvalue weighted by Crippen LogP contribution is -2.22. The third-order valence-electron chi connectivity index (χ3n) is 3.91. The van der Waals surface area contributed by atoms with E-state index in [1.807, 2.05) is 25.1 Å². The number of anilines is 1. The molecule has 27 heavy (non-hydrogen) atoms. The third-order valence-corrected chi connectivity index (χ3v) is 5.43. The number of hydrogen-bond donors (Lipinski definition) is 1. The summed E-state index contributed by atoms with van der Waals surface area (Å²) in [4.78, 5) is 29.3. The number of hydrogen-bond acceptors (Lipinski definition) is 4. The van der Waals surface area contributed by atoms with Crippen molar-refractivity contribution in [3.63, 3.8) is 0 Å². The number of amides is 1. The van der Waals surface area contributed by atoms with Crippen molar-refractivity contribution >= 4 is 57.5 Å². The van der Waals surface area contributed by atoms with Gasteiger partial charge in [0.25, 0.3) is 5.56 Å². The van der Waals surface area contributed by atoms with Crippen molar-refractivity contribution in [3.05, 3.63) is 62.9 Å². The van der Waals surface area contributed by atoms with E-state index in [9.17, 15) is 9.59 Å². The Morgan fingerprint density at radius 1 is 1.22 bits per heavy atom. The normalized spacial score (nSPS) is 10.9. The SMILES string of the molecule is CCn1c(SCCC(=O)Nc2ccc(Cl)cc2Cl)nc2ccccc2c1=O. The molecular weight excluding hydrogens is 405 g/mol. The van der Waals surface area contributed by atoms with Crippen LogP contribution in [0.1, 0.15) is 13.3 Å². The average Bonchev–Trinajstić information content (AvgIpc) is 2.64. The molecule has 3 aromatic rings. The highest BCUT2D eigenvalue weighted by Gasteiger charge is 2.12. The molecule has 140 valence electrons. The summed E-state index contributed by atoms with van der Waals surface area (Å²) >= 11 is 13.3. The van der Waals surface area contributed by atoms with Gasteiger partial charge in [-0.05, 0) is 37.3 Å². The number of nitrogens with one attached hydrogen (secondary N) is 1. The van der Waals surface area contributed by atoms with Crippen LogP contribution in [0.5, 0.6) is 0 Å². The minimum Gasteiger partial charge on any atom is -0.325 e. The first kappa shape index (κ1) is 19.7. The Balaban J connectivity index is 1.68. The zero-order valence-corrected chi connectivity index (χ0v) is 16.9. The number of thioether (sulfide) groups is 1. The first-order valence-corrected chi connectivity index (χ1v) is 10.1. The molecule has 0 unspecified atom stereocenters.